The molecular weight excluding hydrogens is 400 g/mol. The molecule has 4 atom stereocenters. The predicted octanol–water partition coefficient (Wildman–Crippen LogP) is 2.94. The molecule has 1 aromatic carbocycles. The van der Waals surface area contributed by atoms with Crippen molar-refractivity contribution in [1.29, 1.82) is 0 Å². The molecule has 158 valence electrons. The molecule has 3 aromatic rings. The normalized spacial score (nSPS) is 26.2. The van der Waals surface area contributed by atoms with E-state index in [1.165, 1.54) is 11.2 Å². The van der Waals surface area contributed by atoms with Crippen LogP contribution in [0.2, 0.25) is 0 Å². The molecular formula is C22H26N4O3S. The average Bonchev–Trinajstić information content (AvgIpc) is 3.39. The monoisotopic (exact) mass is 426 g/mol. The number of aryl methyl sites for hydroxylation is 3. The Morgan fingerprint density at radius 2 is 1.97 bits per heavy atom. The van der Waals surface area contributed by atoms with Crippen molar-refractivity contribution < 1.29 is 14.6 Å². The summed E-state index contributed by atoms with van der Waals surface area (Å²) in [5.41, 5.74) is 3.05. The minimum atomic E-state index is -0.527. The molecule has 1 saturated heterocycles. The maximum Gasteiger partial charge on any atom is 0.267 e. The fraction of sp³-hybridized carbons (Fsp3) is 0.500. The lowest BCUT2D eigenvalue weighted by molar-refractivity contribution is -0.0230. The number of likely N-dealkylation sites (tertiary alicyclic amines) is 1. The van der Waals surface area contributed by atoms with Crippen molar-refractivity contribution >= 4 is 28.3 Å². The lowest BCUT2D eigenvalue weighted by atomic mass is 9.78. The highest BCUT2D eigenvalue weighted by atomic mass is 32.1. The van der Waals surface area contributed by atoms with Crippen LogP contribution in [0.1, 0.15) is 33.9 Å². The van der Waals surface area contributed by atoms with Crippen molar-refractivity contribution in [2.75, 3.05) is 13.1 Å². The van der Waals surface area contributed by atoms with Gasteiger partial charge < -0.3 is 19.3 Å². The second-order valence-corrected chi connectivity index (χ2v) is 9.43. The molecule has 1 N–H and O–H groups in total. The van der Waals surface area contributed by atoms with E-state index < -0.39 is 6.10 Å². The molecule has 1 aliphatic carbocycles. The quantitative estimate of drug-likeness (QED) is 0.697. The minimum absolute atomic E-state index is 0.00811. The fourth-order valence-corrected chi connectivity index (χ4v) is 5.59. The molecule has 0 unspecified atom stereocenters. The number of ether oxygens (including phenoxy) is 1. The van der Waals surface area contributed by atoms with E-state index in [0.29, 0.717) is 41.9 Å². The summed E-state index contributed by atoms with van der Waals surface area (Å²) in [5.74, 6) is 1.44. The standard InChI is InChI=1S/C22H26N4O3S/c1-12-6-14-7-17(4-5-18(14)25(12)3)29-20-9-16-11-26(10-15(16)8-19(20)27)22(28)21-13(2)23-24-30-21/h4-7,15-16,19-20,27H,8-11H2,1-3H3/t15-,16+,19+,20+/m0/s1. The van der Waals surface area contributed by atoms with Gasteiger partial charge in [0.2, 0.25) is 0 Å². The van der Waals surface area contributed by atoms with E-state index in [4.69, 9.17) is 4.74 Å². The van der Waals surface area contributed by atoms with Gasteiger partial charge in [0.15, 0.2) is 0 Å². The summed E-state index contributed by atoms with van der Waals surface area (Å²) in [4.78, 5) is 15.4. The Labute approximate surface area is 179 Å². The van der Waals surface area contributed by atoms with Gasteiger partial charge in [0, 0.05) is 36.7 Å². The average molecular weight is 427 g/mol. The third-order valence-electron chi connectivity index (χ3n) is 6.76. The van der Waals surface area contributed by atoms with Crippen LogP contribution in [0.4, 0.5) is 0 Å². The number of benzene rings is 1. The van der Waals surface area contributed by atoms with Gasteiger partial charge in [0.1, 0.15) is 16.7 Å². The smallest absolute Gasteiger partial charge is 0.267 e. The molecule has 30 heavy (non-hydrogen) atoms. The number of fused-ring (bicyclic) bond motifs is 2. The van der Waals surface area contributed by atoms with Crippen LogP contribution in [0.25, 0.3) is 10.9 Å². The number of nitrogens with zero attached hydrogens (tertiary/aromatic N) is 4. The van der Waals surface area contributed by atoms with Crippen LogP contribution in [0.3, 0.4) is 0 Å². The number of rotatable bonds is 3. The van der Waals surface area contributed by atoms with E-state index in [1.54, 1.807) is 0 Å². The Morgan fingerprint density at radius 1 is 1.20 bits per heavy atom. The van der Waals surface area contributed by atoms with Gasteiger partial charge in [-0.1, -0.05) is 4.49 Å². The Balaban J connectivity index is 1.29. The van der Waals surface area contributed by atoms with Crippen molar-refractivity contribution in [3.05, 3.63) is 40.5 Å². The van der Waals surface area contributed by atoms with E-state index in [-0.39, 0.29) is 12.0 Å². The number of amides is 1. The molecule has 5 rings (SSSR count). The third-order valence-corrected chi connectivity index (χ3v) is 7.58. The maximum atomic E-state index is 12.8. The summed E-state index contributed by atoms with van der Waals surface area (Å²) < 4.78 is 12.3. The molecule has 2 aromatic heterocycles. The number of aromatic nitrogens is 3. The van der Waals surface area contributed by atoms with Crippen LogP contribution in [0.15, 0.2) is 24.3 Å². The maximum absolute atomic E-state index is 12.8. The molecule has 1 amide bonds. The Hall–Kier alpha value is -2.45. The van der Waals surface area contributed by atoms with Crippen LogP contribution in [0, 0.1) is 25.7 Å². The highest BCUT2D eigenvalue weighted by molar-refractivity contribution is 7.07. The van der Waals surface area contributed by atoms with Gasteiger partial charge in [0.25, 0.3) is 5.91 Å². The molecule has 2 fully saturated rings. The molecule has 2 aliphatic rings. The largest absolute Gasteiger partial charge is 0.488 e. The molecule has 7 nitrogen and oxygen atoms in total. The van der Waals surface area contributed by atoms with Crippen LogP contribution < -0.4 is 4.74 Å². The first-order valence-corrected chi connectivity index (χ1v) is 11.2. The number of aliphatic hydroxyl groups excluding tert-OH is 1. The molecule has 0 spiro atoms. The van der Waals surface area contributed by atoms with Gasteiger partial charge in [0.05, 0.1) is 11.8 Å². The highest BCUT2D eigenvalue weighted by Crippen LogP contribution is 2.39. The van der Waals surface area contributed by atoms with Gasteiger partial charge >= 0.3 is 0 Å². The summed E-state index contributed by atoms with van der Waals surface area (Å²) in [5, 5.41) is 15.8. The summed E-state index contributed by atoms with van der Waals surface area (Å²) >= 11 is 1.16. The first-order valence-electron chi connectivity index (χ1n) is 10.4. The zero-order chi connectivity index (χ0) is 21.0. The van der Waals surface area contributed by atoms with E-state index in [0.717, 1.165) is 29.1 Å². The predicted molar refractivity (Wildman–Crippen MR) is 115 cm³/mol. The second kappa shape index (κ2) is 7.35. The van der Waals surface area contributed by atoms with Crippen LogP contribution in [-0.4, -0.2) is 55.4 Å². The summed E-state index contributed by atoms with van der Waals surface area (Å²) in [6.45, 7) is 5.28. The Kier molecular flexibility index (Phi) is 4.78. The first-order chi connectivity index (χ1) is 14.4. The van der Waals surface area contributed by atoms with Crippen molar-refractivity contribution in [1.82, 2.24) is 19.1 Å². The van der Waals surface area contributed by atoms with E-state index in [2.05, 4.69) is 40.3 Å². The van der Waals surface area contributed by atoms with E-state index in [9.17, 15) is 9.90 Å². The number of hydrogen-bond acceptors (Lipinski definition) is 6. The van der Waals surface area contributed by atoms with Crippen molar-refractivity contribution in [3.63, 3.8) is 0 Å². The number of hydrogen-bond donors (Lipinski definition) is 1. The SMILES string of the molecule is Cc1nnsc1C(=O)N1C[C@H]2C[C@@H](Oc3ccc4c(c3)cc(C)n4C)[C@H](O)C[C@H]2C1. The van der Waals surface area contributed by atoms with Crippen molar-refractivity contribution in [2.24, 2.45) is 18.9 Å². The van der Waals surface area contributed by atoms with Crippen LogP contribution in [-0.2, 0) is 7.05 Å². The zero-order valence-electron chi connectivity index (χ0n) is 17.4. The molecule has 3 heterocycles. The minimum Gasteiger partial charge on any atom is -0.488 e. The molecule has 0 bridgehead atoms. The van der Waals surface area contributed by atoms with E-state index in [1.807, 2.05) is 24.0 Å². The highest BCUT2D eigenvalue weighted by Gasteiger charge is 2.44. The lowest BCUT2D eigenvalue weighted by Gasteiger charge is -2.35. The summed E-state index contributed by atoms with van der Waals surface area (Å²) in [6, 6.07) is 8.24. The van der Waals surface area contributed by atoms with E-state index >= 15 is 0 Å². The Morgan fingerprint density at radius 3 is 2.70 bits per heavy atom. The zero-order valence-corrected chi connectivity index (χ0v) is 18.2. The molecule has 1 aliphatic heterocycles. The summed E-state index contributed by atoms with van der Waals surface area (Å²) in [7, 11) is 2.06. The van der Waals surface area contributed by atoms with Gasteiger partial charge in [-0.15, -0.1) is 5.10 Å². The fourth-order valence-electron chi connectivity index (χ4n) is 4.97. The van der Waals surface area contributed by atoms with Crippen LogP contribution in [0.5, 0.6) is 5.75 Å². The topological polar surface area (TPSA) is 80.5 Å². The summed E-state index contributed by atoms with van der Waals surface area (Å²) in [6.07, 6.45) is 0.629. The van der Waals surface area contributed by atoms with Crippen molar-refractivity contribution in [2.45, 2.75) is 38.9 Å². The lowest BCUT2D eigenvalue weighted by Crippen LogP contribution is -2.42. The van der Waals surface area contributed by atoms with Crippen molar-refractivity contribution in [3.8, 4) is 5.75 Å². The Bertz CT molecular complexity index is 1110. The first kappa shape index (κ1) is 19.5. The number of carbonyl (C=O) groups excluding carboxylic acids is 1. The van der Waals surface area contributed by atoms with Gasteiger partial charge in [-0.05, 0) is 74.3 Å². The second-order valence-electron chi connectivity index (χ2n) is 8.68. The van der Waals surface area contributed by atoms with Gasteiger partial charge in [-0.3, -0.25) is 4.79 Å². The number of carbonyl (C=O) groups is 1. The van der Waals surface area contributed by atoms with Crippen LogP contribution >= 0.6 is 11.5 Å². The molecule has 1 saturated carbocycles. The molecule has 0 radical (unpaired) electrons. The van der Waals surface area contributed by atoms with Gasteiger partial charge in [-0.25, -0.2) is 0 Å². The number of aliphatic hydroxyl groups is 1. The third kappa shape index (κ3) is 3.28. The van der Waals surface area contributed by atoms with Gasteiger partial charge in [-0.2, -0.15) is 0 Å². The molecule has 8 heteroatoms.